The molecule has 0 saturated carbocycles. The summed E-state index contributed by atoms with van der Waals surface area (Å²) in [6.45, 7) is 5.09. The fourth-order valence-corrected chi connectivity index (χ4v) is 2.18. The van der Waals surface area contributed by atoms with E-state index in [0.717, 1.165) is 17.8 Å². The van der Waals surface area contributed by atoms with Gasteiger partial charge in [-0.3, -0.25) is 5.41 Å². The van der Waals surface area contributed by atoms with E-state index < -0.39 is 0 Å². The number of nitrogens with one attached hydrogen (secondary N) is 1. The minimum Gasteiger partial charge on any atom is -0.384 e. The highest BCUT2D eigenvalue weighted by molar-refractivity contribution is 5.95. The molecule has 3 N–H and O–H groups in total. The van der Waals surface area contributed by atoms with Crippen molar-refractivity contribution in [1.82, 2.24) is 0 Å². The van der Waals surface area contributed by atoms with Gasteiger partial charge in [0, 0.05) is 24.8 Å². The Bertz CT molecular complexity index is 632. The number of nitrogen functional groups attached to an aromatic ring is 1. The molecule has 20 heavy (non-hydrogen) atoms. The van der Waals surface area contributed by atoms with E-state index in [-0.39, 0.29) is 5.84 Å². The summed E-state index contributed by atoms with van der Waals surface area (Å²) < 4.78 is 0. The van der Waals surface area contributed by atoms with Crippen LogP contribution in [0.15, 0.2) is 42.5 Å². The molecule has 2 aromatic carbocycles. The van der Waals surface area contributed by atoms with Crippen molar-refractivity contribution in [3.63, 3.8) is 0 Å². The summed E-state index contributed by atoms with van der Waals surface area (Å²) in [5, 5.41) is 7.51. The summed E-state index contributed by atoms with van der Waals surface area (Å²) in [5.41, 5.74) is 11.3. The number of benzene rings is 2. The predicted octanol–water partition coefficient (Wildman–Crippen LogP) is 3.22. The summed E-state index contributed by atoms with van der Waals surface area (Å²) in [5.74, 6) is 0.103. The molecule has 3 heteroatoms. The van der Waals surface area contributed by atoms with Crippen LogP contribution in [-0.4, -0.2) is 12.9 Å². The van der Waals surface area contributed by atoms with Crippen molar-refractivity contribution in [3.05, 3.63) is 64.7 Å². The van der Waals surface area contributed by atoms with Crippen LogP contribution in [0, 0.1) is 19.3 Å². The zero-order valence-electron chi connectivity index (χ0n) is 12.3. The van der Waals surface area contributed by atoms with Crippen LogP contribution in [-0.2, 0) is 6.54 Å². The van der Waals surface area contributed by atoms with Crippen molar-refractivity contribution in [2.24, 2.45) is 5.73 Å². The molecular weight excluding hydrogens is 246 g/mol. The van der Waals surface area contributed by atoms with Crippen LogP contribution < -0.4 is 10.6 Å². The van der Waals surface area contributed by atoms with Gasteiger partial charge in [-0.25, -0.2) is 0 Å². The molecule has 0 aromatic heterocycles. The van der Waals surface area contributed by atoms with E-state index in [1.165, 1.54) is 16.7 Å². The smallest absolute Gasteiger partial charge is 0.122 e. The standard InChI is InChI=1S/C17H21N3/c1-12-7-8-14(9-13(12)2)11-20(3)16-6-4-5-15(10-16)17(18)19/h4-10H,11H2,1-3H3,(H3,18,19). The molecule has 0 aliphatic heterocycles. The highest BCUT2D eigenvalue weighted by Gasteiger charge is 2.05. The van der Waals surface area contributed by atoms with Gasteiger partial charge >= 0.3 is 0 Å². The van der Waals surface area contributed by atoms with Crippen LogP contribution in [0.4, 0.5) is 5.69 Å². The lowest BCUT2D eigenvalue weighted by atomic mass is 10.1. The van der Waals surface area contributed by atoms with Gasteiger partial charge in [0.1, 0.15) is 5.84 Å². The van der Waals surface area contributed by atoms with E-state index >= 15 is 0 Å². The first-order chi connectivity index (χ1) is 9.47. The minimum absolute atomic E-state index is 0.103. The Balaban J connectivity index is 2.19. The highest BCUT2D eigenvalue weighted by atomic mass is 15.1. The average Bonchev–Trinajstić information content (AvgIpc) is 2.43. The van der Waals surface area contributed by atoms with Gasteiger partial charge in [-0.2, -0.15) is 0 Å². The van der Waals surface area contributed by atoms with Gasteiger partial charge in [-0.15, -0.1) is 0 Å². The largest absolute Gasteiger partial charge is 0.384 e. The lowest BCUT2D eigenvalue weighted by Crippen LogP contribution is -2.18. The molecule has 0 amide bonds. The molecule has 0 radical (unpaired) electrons. The Labute approximate surface area is 120 Å². The first-order valence-corrected chi connectivity index (χ1v) is 6.69. The summed E-state index contributed by atoms with van der Waals surface area (Å²) >= 11 is 0. The van der Waals surface area contributed by atoms with Crippen LogP contribution in [0.3, 0.4) is 0 Å². The Morgan fingerprint density at radius 2 is 1.85 bits per heavy atom. The van der Waals surface area contributed by atoms with Gasteiger partial charge in [0.25, 0.3) is 0 Å². The number of amidine groups is 1. The summed E-state index contributed by atoms with van der Waals surface area (Å²) in [4.78, 5) is 2.16. The molecule has 0 aliphatic rings. The fourth-order valence-electron chi connectivity index (χ4n) is 2.18. The van der Waals surface area contributed by atoms with Gasteiger partial charge in [0.15, 0.2) is 0 Å². The molecule has 0 fully saturated rings. The summed E-state index contributed by atoms with van der Waals surface area (Å²) in [7, 11) is 2.05. The molecule has 0 heterocycles. The number of rotatable bonds is 4. The normalized spacial score (nSPS) is 10.3. The third-order valence-corrected chi connectivity index (χ3v) is 3.59. The molecular formula is C17H21N3. The molecule has 0 unspecified atom stereocenters. The van der Waals surface area contributed by atoms with Crippen LogP contribution >= 0.6 is 0 Å². The van der Waals surface area contributed by atoms with Crippen molar-refractivity contribution >= 4 is 11.5 Å². The van der Waals surface area contributed by atoms with E-state index in [1.54, 1.807) is 0 Å². The van der Waals surface area contributed by atoms with Crippen molar-refractivity contribution in [2.45, 2.75) is 20.4 Å². The van der Waals surface area contributed by atoms with Gasteiger partial charge in [0.05, 0.1) is 0 Å². The molecule has 0 atom stereocenters. The third kappa shape index (κ3) is 3.18. The number of nitrogens with zero attached hydrogens (tertiary/aromatic N) is 1. The topological polar surface area (TPSA) is 53.1 Å². The number of anilines is 1. The SMILES string of the molecule is Cc1ccc(CN(C)c2cccc(C(=N)N)c2)cc1C. The second-order valence-corrected chi connectivity index (χ2v) is 5.24. The van der Waals surface area contributed by atoms with Crippen molar-refractivity contribution in [3.8, 4) is 0 Å². The highest BCUT2D eigenvalue weighted by Crippen LogP contribution is 2.18. The van der Waals surface area contributed by atoms with Crippen LogP contribution in [0.2, 0.25) is 0 Å². The van der Waals surface area contributed by atoms with Gasteiger partial charge < -0.3 is 10.6 Å². The number of hydrogen-bond acceptors (Lipinski definition) is 2. The van der Waals surface area contributed by atoms with E-state index in [0.29, 0.717) is 0 Å². The first kappa shape index (κ1) is 14.1. The van der Waals surface area contributed by atoms with E-state index in [1.807, 2.05) is 24.3 Å². The Morgan fingerprint density at radius 3 is 2.50 bits per heavy atom. The first-order valence-electron chi connectivity index (χ1n) is 6.69. The Kier molecular flexibility index (Phi) is 4.08. The fraction of sp³-hybridized carbons (Fsp3) is 0.235. The quantitative estimate of drug-likeness (QED) is 0.660. The second kappa shape index (κ2) is 5.78. The predicted molar refractivity (Wildman–Crippen MR) is 85.5 cm³/mol. The minimum atomic E-state index is 0.103. The van der Waals surface area contributed by atoms with E-state index in [4.69, 9.17) is 11.1 Å². The van der Waals surface area contributed by atoms with Crippen LogP contribution in [0.1, 0.15) is 22.3 Å². The van der Waals surface area contributed by atoms with E-state index in [2.05, 4.69) is 44.0 Å². The second-order valence-electron chi connectivity index (χ2n) is 5.24. The maximum absolute atomic E-state index is 7.51. The number of nitrogens with two attached hydrogens (primary N) is 1. The van der Waals surface area contributed by atoms with Gasteiger partial charge in [-0.1, -0.05) is 30.3 Å². The zero-order chi connectivity index (χ0) is 14.7. The monoisotopic (exact) mass is 267 g/mol. The molecule has 0 saturated heterocycles. The summed E-state index contributed by atoms with van der Waals surface area (Å²) in [6.07, 6.45) is 0. The Morgan fingerprint density at radius 1 is 1.10 bits per heavy atom. The van der Waals surface area contributed by atoms with Crippen molar-refractivity contribution in [2.75, 3.05) is 11.9 Å². The molecule has 0 spiro atoms. The molecule has 104 valence electrons. The van der Waals surface area contributed by atoms with Crippen LogP contribution in [0.25, 0.3) is 0 Å². The van der Waals surface area contributed by atoms with Gasteiger partial charge in [-0.05, 0) is 42.7 Å². The molecule has 0 aliphatic carbocycles. The average molecular weight is 267 g/mol. The summed E-state index contributed by atoms with van der Waals surface area (Å²) in [6, 6.07) is 14.3. The van der Waals surface area contributed by atoms with Crippen molar-refractivity contribution in [1.29, 1.82) is 5.41 Å². The zero-order valence-corrected chi connectivity index (χ0v) is 12.3. The van der Waals surface area contributed by atoms with Gasteiger partial charge in [0.2, 0.25) is 0 Å². The Hall–Kier alpha value is -2.29. The molecule has 2 rings (SSSR count). The maximum Gasteiger partial charge on any atom is 0.122 e. The maximum atomic E-state index is 7.51. The molecule has 0 bridgehead atoms. The van der Waals surface area contributed by atoms with E-state index in [9.17, 15) is 0 Å². The lowest BCUT2D eigenvalue weighted by Gasteiger charge is -2.20. The molecule has 3 nitrogen and oxygen atoms in total. The number of hydrogen-bond donors (Lipinski definition) is 2. The lowest BCUT2D eigenvalue weighted by molar-refractivity contribution is 0.920. The van der Waals surface area contributed by atoms with Crippen molar-refractivity contribution < 1.29 is 0 Å². The molecule has 2 aromatic rings. The number of aryl methyl sites for hydroxylation is 2. The van der Waals surface area contributed by atoms with Crippen LogP contribution in [0.5, 0.6) is 0 Å². The third-order valence-electron chi connectivity index (χ3n) is 3.59.